The highest BCUT2D eigenvalue weighted by molar-refractivity contribution is 6.07. The van der Waals surface area contributed by atoms with Crippen LogP contribution in [0.3, 0.4) is 0 Å². The van der Waals surface area contributed by atoms with Crippen LogP contribution in [0, 0.1) is 11.3 Å². The van der Waals surface area contributed by atoms with E-state index < -0.39 is 6.36 Å². The van der Waals surface area contributed by atoms with Crippen molar-refractivity contribution in [1.29, 1.82) is 5.41 Å². The minimum atomic E-state index is -4.78. The Morgan fingerprint density at radius 1 is 1.31 bits per heavy atom. The Morgan fingerprint density at radius 3 is 2.53 bits per heavy atom. The number of benzene rings is 1. The van der Waals surface area contributed by atoms with Gasteiger partial charge in [-0.15, -0.1) is 13.2 Å². The third kappa shape index (κ3) is 5.25. The molecular formula is C22H23F3N4O3. The first-order chi connectivity index (χ1) is 15.1. The number of carbonyl (C=O) groups is 1. The van der Waals surface area contributed by atoms with E-state index in [1.165, 1.54) is 18.3 Å². The maximum absolute atomic E-state index is 12.3. The molecule has 170 valence electrons. The van der Waals surface area contributed by atoms with Crippen molar-refractivity contribution in [2.24, 2.45) is 5.92 Å². The first kappa shape index (κ1) is 23.3. The van der Waals surface area contributed by atoms with Crippen LogP contribution in [0.1, 0.15) is 25.0 Å². The Kier molecular flexibility index (Phi) is 6.83. The highest BCUT2D eigenvalue weighted by atomic mass is 19.4. The normalized spacial score (nSPS) is 14.7. The largest absolute Gasteiger partial charge is 0.573 e. The molecule has 0 aliphatic carbocycles. The molecule has 0 saturated carbocycles. The van der Waals surface area contributed by atoms with Gasteiger partial charge in [0, 0.05) is 47.7 Å². The third-order valence-corrected chi connectivity index (χ3v) is 5.17. The van der Waals surface area contributed by atoms with Crippen LogP contribution in [-0.2, 0) is 11.4 Å². The molecule has 0 atom stereocenters. The predicted octanol–water partition coefficient (Wildman–Crippen LogP) is 4.01. The van der Waals surface area contributed by atoms with Gasteiger partial charge in [-0.3, -0.25) is 4.79 Å². The zero-order valence-electron chi connectivity index (χ0n) is 17.5. The Labute approximate surface area is 183 Å². The van der Waals surface area contributed by atoms with Crippen molar-refractivity contribution in [2.75, 3.05) is 18.4 Å². The Balaban J connectivity index is 1.78. The number of nitrogens with one attached hydrogen (secondary N) is 2. The fourth-order valence-corrected chi connectivity index (χ4v) is 3.31. The van der Waals surface area contributed by atoms with Gasteiger partial charge in [-0.05, 0) is 49.7 Å². The van der Waals surface area contributed by atoms with E-state index in [2.05, 4.69) is 15.0 Å². The smallest absolute Gasteiger partial charge is 0.406 e. The van der Waals surface area contributed by atoms with Gasteiger partial charge in [-0.2, -0.15) is 0 Å². The SMILES string of the molecule is C/C=C(\C)C(=O)N1CC(C(=N)c2c(CO)ccnc2Nc2ccc(OC(F)(F)F)cc2)C1. The number of nitrogens with zero attached hydrogens (tertiary/aromatic N) is 2. The molecule has 2 aromatic rings. The summed E-state index contributed by atoms with van der Waals surface area (Å²) in [6.45, 7) is 3.96. The van der Waals surface area contributed by atoms with E-state index in [9.17, 15) is 23.1 Å². The molecule has 1 aromatic heterocycles. The van der Waals surface area contributed by atoms with Crippen LogP contribution in [0.15, 0.2) is 48.2 Å². The topological polar surface area (TPSA) is 98.5 Å². The van der Waals surface area contributed by atoms with Gasteiger partial charge in [0.05, 0.1) is 6.61 Å². The van der Waals surface area contributed by atoms with Crippen molar-refractivity contribution in [3.8, 4) is 5.75 Å². The summed E-state index contributed by atoms with van der Waals surface area (Å²) in [5, 5.41) is 21.4. The first-order valence-electron chi connectivity index (χ1n) is 9.85. The summed E-state index contributed by atoms with van der Waals surface area (Å²) < 4.78 is 40.9. The van der Waals surface area contributed by atoms with Gasteiger partial charge in [0.2, 0.25) is 5.91 Å². The number of hydrogen-bond acceptors (Lipinski definition) is 6. The molecule has 0 unspecified atom stereocenters. The standard InChI is InChI=1S/C22H23F3N4O3/c1-3-13(2)21(31)29-10-15(11-29)19(26)18-14(12-30)8-9-27-20(18)28-16-4-6-17(7-5-16)32-22(23,24)25/h3-9,15,26,30H,10-12H2,1-2H3,(H,27,28)/b13-3+,26-19?. The van der Waals surface area contributed by atoms with Gasteiger partial charge in [0.1, 0.15) is 11.6 Å². The number of halogens is 3. The number of allylic oxidation sites excluding steroid dienone is 1. The fraction of sp³-hybridized carbons (Fsp3) is 0.318. The van der Waals surface area contributed by atoms with Crippen LogP contribution in [0.25, 0.3) is 0 Å². The van der Waals surface area contributed by atoms with Gasteiger partial charge in [-0.25, -0.2) is 4.98 Å². The number of aliphatic hydroxyl groups excluding tert-OH is 1. The van der Waals surface area contributed by atoms with Crippen LogP contribution in [0.5, 0.6) is 5.75 Å². The third-order valence-electron chi connectivity index (χ3n) is 5.17. The summed E-state index contributed by atoms with van der Waals surface area (Å²) in [7, 11) is 0. The molecule has 1 aliphatic heterocycles. The van der Waals surface area contributed by atoms with Gasteiger partial charge < -0.3 is 25.5 Å². The van der Waals surface area contributed by atoms with Crippen molar-refractivity contribution in [3.05, 3.63) is 59.3 Å². The minimum Gasteiger partial charge on any atom is -0.406 e. The molecule has 10 heteroatoms. The number of hydrogen-bond donors (Lipinski definition) is 3. The maximum Gasteiger partial charge on any atom is 0.573 e. The van der Waals surface area contributed by atoms with Crippen molar-refractivity contribution < 1.29 is 27.8 Å². The lowest BCUT2D eigenvalue weighted by atomic mass is 9.87. The van der Waals surface area contributed by atoms with Gasteiger partial charge in [0.15, 0.2) is 0 Å². The van der Waals surface area contributed by atoms with Gasteiger partial charge >= 0.3 is 6.36 Å². The van der Waals surface area contributed by atoms with Crippen molar-refractivity contribution >= 4 is 23.1 Å². The van der Waals surface area contributed by atoms with Crippen LogP contribution in [-0.4, -0.2) is 46.1 Å². The maximum atomic E-state index is 12.3. The summed E-state index contributed by atoms with van der Waals surface area (Å²) in [5.74, 6) is -0.366. The van der Waals surface area contributed by atoms with E-state index in [-0.39, 0.29) is 29.9 Å². The van der Waals surface area contributed by atoms with Gasteiger partial charge in [0.25, 0.3) is 0 Å². The number of rotatable bonds is 7. The average molecular weight is 448 g/mol. The summed E-state index contributed by atoms with van der Waals surface area (Å²) in [6, 6.07) is 6.71. The zero-order chi connectivity index (χ0) is 23.5. The summed E-state index contributed by atoms with van der Waals surface area (Å²) in [6.07, 6.45) is -1.57. The van der Waals surface area contributed by atoms with Crippen molar-refractivity contribution in [2.45, 2.75) is 26.8 Å². The molecule has 2 heterocycles. The number of aromatic nitrogens is 1. The van der Waals surface area contributed by atoms with Crippen LogP contribution in [0.4, 0.5) is 24.7 Å². The predicted molar refractivity (Wildman–Crippen MR) is 113 cm³/mol. The lowest BCUT2D eigenvalue weighted by molar-refractivity contribution is -0.274. The van der Waals surface area contributed by atoms with Crippen molar-refractivity contribution in [3.63, 3.8) is 0 Å². The van der Waals surface area contributed by atoms with Crippen molar-refractivity contribution in [1.82, 2.24) is 9.88 Å². The number of pyridine rings is 1. The second kappa shape index (κ2) is 9.39. The number of aliphatic hydroxyl groups is 1. The van der Waals surface area contributed by atoms with Crippen LogP contribution in [0.2, 0.25) is 0 Å². The molecule has 3 rings (SSSR count). The molecule has 1 fully saturated rings. The molecule has 32 heavy (non-hydrogen) atoms. The quantitative estimate of drug-likeness (QED) is 0.439. The Bertz CT molecular complexity index is 1030. The molecule has 0 radical (unpaired) electrons. The molecule has 1 amide bonds. The number of likely N-dealkylation sites (tertiary alicyclic amines) is 1. The number of ether oxygens (including phenoxy) is 1. The first-order valence-corrected chi connectivity index (χ1v) is 9.85. The molecule has 3 N–H and O–H groups in total. The van der Waals surface area contributed by atoms with E-state index in [0.717, 1.165) is 12.1 Å². The molecule has 1 saturated heterocycles. The summed E-state index contributed by atoms with van der Waals surface area (Å²) in [5.41, 5.74) is 2.19. The zero-order valence-corrected chi connectivity index (χ0v) is 17.5. The molecule has 1 aliphatic rings. The summed E-state index contributed by atoms with van der Waals surface area (Å²) >= 11 is 0. The molecule has 7 nitrogen and oxygen atoms in total. The monoisotopic (exact) mass is 448 g/mol. The summed E-state index contributed by atoms with van der Waals surface area (Å²) in [4.78, 5) is 18.2. The second-order valence-corrected chi connectivity index (χ2v) is 7.34. The lowest BCUT2D eigenvalue weighted by Gasteiger charge is -2.40. The Morgan fingerprint density at radius 2 is 1.97 bits per heavy atom. The van der Waals surface area contributed by atoms with E-state index in [4.69, 9.17) is 5.41 Å². The van der Waals surface area contributed by atoms with Crippen LogP contribution < -0.4 is 10.1 Å². The molecule has 0 spiro atoms. The minimum absolute atomic E-state index is 0.0790. The van der Waals surface area contributed by atoms with E-state index >= 15 is 0 Å². The number of anilines is 2. The second-order valence-electron chi connectivity index (χ2n) is 7.34. The number of carbonyl (C=O) groups excluding carboxylic acids is 1. The average Bonchev–Trinajstić information content (AvgIpc) is 2.71. The number of amides is 1. The van der Waals surface area contributed by atoms with E-state index in [0.29, 0.717) is 41.3 Å². The highest BCUT2D eigenvalue weighted by Crippen LogP contribution is 2.30. The fourth-order valence-electron chi connectivity index (χ4n) is 3.31. The van der Waals surface area contributed by atoms with E-state index in [1.54, 1.807) is 30.9 Å². The molecule has 0 bridgehead atoms. The molecular weight excluding hydrogens is 425 g/mol. The van der Waals surface area contributed by atoms with Crippen LogP contribution >= 0.6 is 0 Å². The Hall–Kier alpha value is -3.40. The van der Waals surface area contributed by atoms with Gasteiger partial charge in [-0.1, -0.05) is 6.08 Å². The van der Waals surface area contributed by atoms with E-state index in [1.807, 2.05) is 0 Å². The number of alkyl halides is 3. The lowest BCUT2D eigenvalue weighted by Crippen LogP contribution is -2.53. The highest BCUT2D eigenvalue weighted by Gasteiger charge is 2.36. The molecule has 1 aromatic carbocycles.